The van der Waals surface area contributed by atoms with E-state index >= 15 is 0 Å². The van der Waals surface area contributed by atoms with Crippen molar-refractivity contribution in [1.82, 2.24) is 4.90 Å². The Balaban J connectivity index is 1.41. The van der Waals surface area contributed by atoms with Crippen LogP contribution in [0.1, 0.15) is 48.9 Å². The number of nitrogens with zero attached hydrogens (tertiary/aromatic N) is 1. The molecule has 3 amide bonds. The molecule has 3 aromatic carbocycles. The number of benzene rings is 3. The summed E-state index contributed by atoms with van der Waals surface area (Å²) in [5.41, 5.74) is 3.27. The van der Waals surface area contributed by atoms with Crippen molar-refractivity contribution in [2.24, 2.45) is 0 Å². The third kappa shape index (κ3) is 5.83. The van der Waals surface area contributed by atoms with Gasteiger partial charge in [0.05, 0.1) is 10.9 Å². The largest absolute Gasteiger partial charge is 0.335 e. The predicted molar refractivity (Wildman–Crippen MR) is 140 cm³/mol. The third-order valence-corrected chi connectivity index (χ3v) is 6.57. The number of carbonyl (C=O) groups excluding carboxylic acids is 3. The highest BCUT2D eigenvalue weighted by molar-refractivity contribution is 7.12. The lowest BCUT2D eigenvalue weighted by Gasteiger charge is -2.26. The highest BCUT2D eigenvalue weighted by atomic mass is 32.1. The van der Waals surface area contributed by atoms with Gasteiger partial charge in [-0.05, 0) is 72.5 Å². The minimum atomic E-state index is -0.228. The zero-order valence-electron chi connectivity index (χ0n) is 19.4. The minimum absolute atomic E-state index is 0.146. The van der Waals surface area contributed by atoms with Gasteiger partial charge < -0.3 is 15.5 Å². The Hall–Kier alpha value is -4.23. The summed E-state index contributed by atoms with van der Waals surface area (Å²) in [5.74, 6) is -0.512. The predicted octanol–water partition coefficient (Wildman–Crippen LogP) is 6.09. The zero-order chi connectivity index (χ0) is 24.8. The zero-order valence-corrected chi connectivity index (χ0v) is 20.2. The molecule has 0 bridgehead atoms. The molecule has 0 saturated carbocycles. The van der Waals surface area contributed by atoms with Gasteiger partial charge in [-0.2, -0.15) is 0 Å². The molecule has 2 N–H and O–H groups in total. The maximum absolute atomic E-state index is 13.1. The van der Waals surface area contributed by atoms with Gasteiger partial charge in [0.15, 0.2) is 0 Å². The molecule has 0 aliphatic heterocycles. The second-order valence-electron chi connectivity index (χ2n) is 8.05. The lowest BCUT2D eigenvalue weighted by Crippen LogP contribution is -2.29. The van der Waals surface area contributed by atoms with Crippen LogP contribution in [0.15, 0.2) is 96.4 Å². The summed E-state index contributed by atoms with van der Waals surface area (Å²) in [7, 11) is 1.74. The SMILES string of the molecule is CC(c1cccc(NC(=O)c2ccccc2)c1)N(C)C(=O)c1ccc(NC(=O)c2cccs2)cc1. The maximum atomic E-state index is 13.1. The van der Waals surface area contributed by atoms with E-state index in [1.54, 1.807) is 54.4 Å². The standard InChI is InChI=1S/C28H25N3O3S/c1-19(22-10-6-11-24(18-22)30-26(32)20-8-4-3-5-9-20)31(2)28(34)21-13-15-23(16-14-21)29-27(33)25-12-7-17-35-25/h3-19H,1-2H3,(H,29,33)(H,30,32). The van der Waals surface area contributed by atoms with Crippen molar-refractivity contribution in [1.29, 1.82) is 0 Å². The molecule has 0 aliphatic rings. The molecule has 4 rings (SSSR count). The normalized spacial score (nSPS) is 11.4. The number of hydrogen-bond donors (Lipinski definition) is 2. The number of amides is 3. The molecule has 0 fully saturated rings. The molecule has 0 spiro atoms. The second kappa shape index (κ2) is 10.8. The van der Waals surface area contributed by atoms with Gasteiger partial charge in [-0.3, -0.25) is 14.4 Å². The molecule has 0 aliphatic carbocycles. The Kier molecular flexibility index (Phi) is 7.38. The Morgan fingerprint density at radius 2 is 1.46 bits per heavy atom. The molecule has 0 radical (unpaired) electrons. The first kappa shape index (κ1) is 23.9. The van der Waals surface area contributed by atoms with Crippen LogP contribution in [0.2, 0.25) is 0 Å². The highest BCUT2D eigenvalue weighted by Gasteiger charge is 2.20. The number of thiophene rings is 1. The van der Waals surface area contributed by atoms with E-state index in [4.69, 9.17) is 0 Å². The van der Waals surface area contributed by atoms with E-state index in [1.165, 1.54) is 11.3 Å². The lowest BCUT2D eigenvalue weighted by molar-refractivity contribution is 0.0742. The Labute approximate surface area is 208 Å². The van der Waals surface area contributed by atoms with Crippen LogP contribution in [0.5, 0.6) is 0 Å². The van der Waals surface area contributed by atoms with Gasteiger partial charge in [-0.25, -0.2) is 0 Å². The van der Waals surface area contributed by atoms with Crippen molar-refractivity contribution in [3.63, 3.8) is 0 Å². The van der Waals surface area contributed by atoms with Gasteiger partial charge in [0, 0.05) is 29.5 Å². The topological polar surface area (TPSA) is 78.5 Å². The quantitative estimate of drug-likeness (QED) is 0.334. The Morgan fingerprint density at radius 3 is 2.14 bits per heavy atom. The second-order valence-corrected chi connectivity index (χ2v) is 8.99. The van der Waals surface area contributed by atoms with Crippen LogP contribution < -0.4 is 10.6 Å². The summed E-state index contributed by atoms with van der Waals surface area (Å²) in [6, 6.07) is 26.7. The van der Waals surface area contributed by atoms with Crippen LogP contribution in [0.3, 0.4) is 0 Å². The summed E-state index contributed by atoms with van der Waals surface area (Å²) in [4.78, 5) is 40.1. The maximum Gasteiger partial charge on any atom is 0.265 e. The molecule has 4 aromatic rings. The van der Waals surface area contributed by atoms with Crippen LogP contribution in [0, 0.1) is 0 Å². The molecule has 1 atom stereocenters. The lowest BCUT2D eigenvalue weighted by atomic mass is 10.0. The number of anilines is 2. The van der Waals surface area contributed by atoms with Crippen LogP contribution in [0.4, 0.5) is 11.4 Å². The van der Waals surface area contributed by atoms with E-state index in [2.05, 4.69) is 10.6 Å². The molecular formula is C28H25N3O3S. The number of nitrogens with one attached hydrogen (secondary N) is 2. The Morgan fingerprint density at radius 1 is 0.743 bits per heavy atom. The van der Waals surface area contributed by atoms with Crippen LogP contribution in [-0.2, 0) is 0 Å². The van der Waals surface area contributed by atoms with E-state index in [9.17, 15) is 14.4 Å². The highest BCUT2D eigenvalue weighted by Crippen LogP contribution is 2.24. The van der Waals surface area contributed by atoms with E-state index < -0.39 is 0 Å². The van der Waals surface area contributed by atoms with Gasteiger partial charge in [0.1, 0.15) is 0 Å². The smallest absolute Gasteiger partial charge is 0.265 e. The van der Waals surface area contributed by atoms with Crippen molar-refractivity contribution in [3.05, 3.63) is 118 Å². The molecular weight excluding hydrogens is 458 g/mol. The molecule has 176 valence electrons. The molecule has 1 unspecified atom stereocenters. The van der Waals surface area contributed by atoms with Gasteiger partial charge in [-0.15, -0.1) is 11.3 Å². The summed E-state index contributed by atoms with van der Waals surface area (Å²) in [6.07, 6.45) is 0. The molecule has 1 heterocycles. The molecule has 1 aromatic heterocycles. The van der Waals surface area contributed by atoms with Crippen LogP contribution in [-0.4, -0.2) is 29.7 Å². The van der Waals surface area contributed by atoms with E-state index in [1.807, 2.05) is 60.8 Å². The van der Waals surface area contributed by atoms with E-state index in [-0.39, 0.29) is 23.8 Å². The number of hydrogen-bond acceptors (Lipinski definition) is 4. The minimum Gasteiger partial charge on any atom is -0.335 e. The molecule has 35 heavy (non-hydrogen) atoms. The molecule has 6 nitrogen and oxygen atoms in total. The van der Waals surface area contributed by atoms with Crippen LogP contribution >= 0.6 is 11.3 Å². The first-order chi connectivity index (χ1) is 16.9. The van der Waals surface area contributed by atoms with Crippen LogP contribution in [0.25, 0.3) is 0 Å². The van der Waals surface area contributed by atoms with Crippen molar-refractivity contribution in [2.75, 3.05) is 17.7 Å². The third-order valence-electron chi connectivity index (χ3n) is 5.70. The van der Waals surface area contributed by atoms with Gasteiger partial charge >= 0.3 is 0 Å². The van der Waals surface area contributed by atoms with E-state index in [0.29, 0.717) is 27.4 Å². The summed E-state index contributed by atoms with van der Waals surface area (Å²) in [5, 5.41) is 7.59. The Bertz CT molecular complexity index is 1320. The van der Waals surface area contributed by atoms with Crippen molar-refractivity contribution in [3.8, 4) is 0 Å². The average Bonchev–Trinajstić information content (AvgIpc) is 3.44. The molecule has 0 saturated heterocycles. The first-order valence-corrected chi connectivity index (χ1v) is 12.0. The summed E-state index contributed by atoms with van der Waals surface area (Å²) < 4.78 is 0. The fourth-order valence-electron chi connectivity index (χ4n) is 3.57. The monoisotopic (exact) mass is 483 g/mol. The summed E-state index contributed by atoms with van der Waals surface area (Å²) >= 11 is 1.37. The molecule has 7 heteroatoms. The summed E-state index contributed by atoms with van der Waals surface area (Å²) in [6.45, 7) is 1.94. The average molecular weight is 484 g/mol. The number of carbonyl (C=O) groups is 3. The van der Waals surface area contributed by atoms with E-state index in [0.717, 1.165) is 5.56 Å². The fraction of sp³-hybridized carbons (Fsp3) is 0.107. The van der Waals surface area contributed by atoms with Gasteiger partial charge in [0.25, 0.3) is 17.7 Å². The van der Waals surface area contributed by atoms with Crippen molar-refractivity contribution < 1.29 is 14.4 Å². The number of rotatable bonds is 7. The first-order valence-electron chi connectivity index (χ1n) is 11.1. The van der Waals surface area contributed by atoms with Gasteiger partial charge in [-0.1, -0.05) is 36.4 Å². The van der Waals surface area contributed by atoms with Crippen molar-refractivity contribution >= 4 is 40.4 Å². The van der Waals surface area contributed by atoms with Crippen molar-refractivity contribution in [2.45, 2.75) is 13.0 Å². The van der Waals surface area contributed by atoms with Gasteiger partial charge in [0.2, 0.25) is 0 Å². The fourth-order valence-corrected chi connectivity index (χ4v) is 4.19.